The van der Waals surface area contributed by atoms with Crippen LogP contribution in [0.4, 0.5) is 0 Å². The highest BCUT2D eigenvalue weighted by Crippen LogP contribution is 1.89. The molecule has 66 valence electrons. The molecule has 5 N–H and O–H groups in total. The molecular formula is C7H17N3S. The molecule has 0 fully saturated rings. The molecule has 0 aromatic rings. The highest BCUT2D eigenvalue weighted by molar-refractivity contribution is 7.80. The van der Waals surface area contributed by atoms with Crippen LogP contribution in [-0.2, 0) is 0 Å². The van der Waals surface area contributed by atoms with Gasteiger partial charge in [-0.3, -0.25) is 0 Å². The third kappa shape index (κ3) is 7.87. The van der Waals surface area contributed by atoms with Crippen LogP contribution in [0.25, 0.3) is 0 Å². The van der Waals surface area contributed by atoms with E-state index in [-0.39, 0.29) is 0 Å². The average Bonchev–Trinajstić information content (AvgIpc) is 1.99. The Bertz CT molecular complexity index is 106. The van der Waals surface area contributed by atoms with Crippen molar-refractivity contribution in [2.75, 3.05) is 26.2 Å². The Morgan fingerprint density at radius 3 is 2.36 bits per heavy atom. The molecule has 0 saturated carbocycles. The van der Waals surface area contributed by atoms with E-state index in [0.29, 0.717) is 13.1 Å². The van der Waals surface area contributed by atoms with Crippen LogP contribution in [0, 0.1) is 0 Å². The van der Waals surface area contributed by atoms with Gasteiger partial charge in [-0.25, -0.2) is 0 Å². The van der Waals surface area contributed by atoms with Crippen LogP contribution in [0.1, 0.15) is 12.8 Å². The Balaban J connectivity index is 3.04. The van der Waals surface area contributed by atoms with Gasteiger partial charge in [0.25, 0.3) is 0 Å². The van der Waals surface area contributed by atoms with E-state index < -0.39 is 0 Å². The predicted molar refractivity (Wildman–Crippen MR) is 52.8 cm³/mol. The van der Waals surface area contributed by atoms with Crippen molar-refractivity contribution in [2.45, 2.75) is 12.8 Å². The third-order valence-corrected chi connectivity index (χ3v) is 1.73. The van der Waals surface area contributed by atoms with Gasteiger partial charge in [-0.1, -0.05) is 12.2 Å². The van der Waals surface area contributed by atoms with E-state index in [0.717, 1.165) is 30.8 Å². The molecule has 0 atom stereocenters. The normalized spacial score (nSPS) is 10.0. The monoisotopic (exact) mass is 175 g/mol. The lowest BCUT2D eigenvalue weighted by atomic mass is 10.2. The van der Waals surface area contributed by atoms with E-state index in [1.807, 2.05) is 0 Å². The second kappa shape index (κ2) is 8.07. The predicted octanol–water partition coefficient (Wildman–Crippen LogP) is -0.356. The second-order valence-electron chi connectivity index (χ2n) is 2.37. The van der Waals surface area contributed by atoms with E-state index >= 15 is 0 Å². The van der Waals surface area contributed by atoms with E-state index in [9.17, 15) is 0 Å². The number of thiocarbonyl (C=S) groups is 1. The first kappa shape index (κ1) is 11.0. The molecule has 3 nitrogen and oxygen atoms in total. The SMILES string of the molecule is NCCNCCC(=S)CCN. The molecule has 0 spiro atoms. The molecule has 0 saturated heterocycles. The molecule has 0 aromatic carbocycles. The molecule has 0 aliphatic carbocycles. The van der Waals surface area contributed by atoms with Crippen molar-refractivity contribution in [1.29, 1.82) is 0 Å². The number of rotatable bonds is 7. The highest BCUT2D eigenvalue weighted by Gasteiger charge is 1.93. The molecule has 11 heavy (non-hydrogen) atoms. The minimum absolute atomic E-state index is 0.662. The zero-order chi connectivity index (χ0) is 8.53. The summed E-state index contributed by atoms with van der Waals surface area (Å²) in [5, 5.41) is 3.17. The maximum absolute atomic E-state index is 5.33. The number of hydrogen-bond acceptors (Lipinski definition) is 4. The van der Waals surface area contributed by atoms with E-state index in [2.05, 4.69) is 5.32 Å². The van der Waals surface area contributed by atoms with Gasteiger partial charge in [0.2, 0.25) is 0 Å². The molecule has 0 bridgehead atoms. The highest BCUT2D eigenvalue weighted by atomic mass is 32.1. The maximum atomic E-state index is 5.33. The molecule has 0 unspecified atom stereocenters. The number of nitrogens with two attached hydrogens (primary N) is 2. The lowest BCUT2D eigenvalue weighted by Gasteiger charge is -2.02. The van der Waals surface area contributed by atoms with Crippen molar-refractivity contribution in [2.24, 2.45) is 11.5 Å². The lowest BCUT2D eigenvalue weighted by molar-refractivity contribution is 0.704. The summed E-state index contributed by atoms with van der Waals surface area (Å²) in [6.45, 7) is 3.14. The van der Waals surface area contributed by atoms with Crippen LogP contribution >= 0.6 is 12.2 Å². The Morgan fingerprint density at radius 2 is 1.82 bits per heavy atom. The quantitative estimate of drug-likeness (QED) is 0.365. The van der Waals surface area contributed by atoms with Crippen molar-refractivity contribution in [3.8, 4) is 0 Å². The van der Waals surface area contributed by atoms with Crippen molar-refractivity contribution in [3.05, 3.63) is 0 Å². The Morgan fingerprint density at radius 1 is 1.09 bits per heavy atom. The number of nitrogens with one attached hydrogen (secondary N) is 1. The van der Waals surface area contributed by atoms with Gasteiger partial charge in [-0.05, 0) is 30.8 Å². The van der Waals surface area contributed by atoms with Crippen LogP contribution < -0.4 is 16.8 Å². The third-order valence-electron chi connectivity index (χ3n) is 1.32. The van der Waals surface area contributed by atoms with Gasteiger partial charge < -0.3 is 16.8 Å². The van der Waals surface area contributed by atoms with Crippen molar-refractivity contribution in [1.82, 2.24) is 5.32 Å². The molecule has 0 amide bonds. The Hall–Kier alpha value is -0.0300. The minimum Gasteiger partial charge on any atom is -0.330 e. The molecule has 0 aliphatic heterocycles. The van der Waals surface area contributed by atoms with Crippen LogP contribution in [-0.4, -0.2) is 31.0 Å². The summed E-state index contributed by atoms with van der Waals surface area (Å²) < 4.78 is 0. The van der Waals surface area contributed by atoms with Crippen molar-refractivity contribution >= 4 is 17.1 Å². The summed E-state index contributed by atoms with van der Waals surface area (Å²) in [5.41, 5.74) is 10.6. The largest absolute Gasteiger partial charge is 0.330 e. The first-order chi connectivity index (χ1) is 5.31. The lowest BCUT2D eigenvalue weighted by Crippen LogP contribution is -2.24. The zero-order valence-corrected chi connectivity index (χ0v) is 7.62. The van der Waals surface area contributed by atoms with E-state index in [1.54, 1.807) is 0 Å². The van der Waals surface area contributed by atoms with Crippen LogP contribution in [0.3, 0.4) is 0 Å². The minimum atomic E-state index is 0.662. The van der Waals surface area contributed by atoms with Gasteiger partial charge >= 0.3 is 0 Å². The van der Waals surface area contributed by atoms with Gasteiger partial charge in [0.05, 0.1) is 0 Å². The fourth-order valence-electron chi connectivity index (χ4n) is 0.741. The molecule has 0 radical (unpaired) electrons. The smallest absolute Gasteiger partial charge is 0.00746 e. The Labute approximate surface area is 73.5 Å². The van der Waals surface area contributed by atoms with Crippen molar-refractivity contribution < 1.29 is 0 Å². The molecule has 0 aromatic heterocycles. The van der Waals surface area contributed by atoms with Gasteiger partial charge in [-0.2, -0.15) is 0 Å². The maximum Gasteiger partial charge on any atom is 0.00746 e. The second-order valence-corrected chi connectivity index (χ2v) is 2.94. The number of hydrogen-bond donors (Lipinski definition) is 3. The molecule has 0 aliphatic rings. The average molecular weight is 175 g/mol. The summed E-state index contributed by atoms with van der Waals surface area (Å²) in [5.74, 6) is 0. The standard InChI is InChI=1S/C7H17N3S/c8-3-1-7(11)2-5-10-6-4-9/h10H,1-6,8-9H2. The summed E-state index contributed by atoms with van der Waals surface area (Å²) in [7, 11) is 0. The van der Waals surface area contributed by atoms with Gasteiger partial charge in [0.1, 0.15) is 0 Å². The fraction of sp³-hybridized carbons (Fsp3) is 0.857. The van der Waals surface area contributed by atoms with Gasteiger partial charge in [-0.15, -0.1) is 0 Å². The van der Waals surface area contributed by atoms with Crippen LogP contribution in [0.5, 0.6) is 0 Å². The molecular weight excluding hydrogens is 158 g/mol. The summed E-state index contributed by atoms with van der Waals surface area (Å²) in [6.07, 6.45) is 1.80. The van der Waals surface area contributed by atoms with E-state index in [1.165, 1.54) is 0 Å². The van der Waals surface area contributed by atoms with Gasteiger partial charge in [0, 0.05) is 13.1 Å². The summed E-state index contributed by atoms with van der Waals surface area (Å²) in [6, 6.07) is 0. The van der Waals surface area contributed by atoms with E-state index in [4.69, 9.17) is 23.7 Å². The first-order valence-corrected chi connectivity index (χ1v) is 4.34. The van der Waals surface area contributed by atoms with Crippen LogP contribution in [0.2, 0.25) is 0 Å². The molecule has 4 heteroatoms. The Kier molecular flexibility index (Phi) is 8.05. The molecule has 0 rings (SSSR count). The molecule has 0 heterocycles. The van der Waals surface area contributed by atoms with Crippen molar-refractivity contribution in [3.63, 3.8) is 0 Å². The topological polar surface area (TPSA) is 64.1 Å². The fourth-order valence-corrected chi connectivity index (χ4v) is 0.961. The van der Waals surface area contributed by atoms with Crippen LogP contribution in [0.15, 0.2) is 0 Å². The summed E-state index contributed by atoms with van der Waals surface area (Å²) in [4.78, 5) is 1.05. The summed E-state index contributed by atoms with van der Waals surface area (Å²) >= 11 is 5.05. The van der Waals surface area contributed by atoms with Gasteiger partial charge in [0.15, 0.2) is 0 Å². The first-order valence-electron chi connectivity index (χ1n) is 3.93. The zero-order valence-electron chi connectivity index (χ0n) is 6.81.